The van der Waals surface area contributed by atoms with Crippen LogP contribution in [0.15, 0.2) is 9.98 Å². The smallest absolute Gasteiger partial charge is 0.326 e. The average molecular weight is 1030 g/mol. The lowest BCUT2D eigenvalue weighted by Gasteiger charge is -2.29. The Bertz CT molecular complexity index is 1970. The van der Waals surface area contributed by atoms with Crippen molar-refractivity contribution in [3.63, 3.8) is 0 Å². The molecule has 4 heterocycles. The van der Waals surface area contributed by atoms with Crippen molar-refractivity contribution in [1.29, 1.82) is 0 Å². The van der Waals surface area contributed by atoms with Crippen LogP contribution in [-0.4, -0.2) is 208 Å². The molecule has 0 aliphatic carbocycles. The van der Waals surface area contributed by atoms with Gasteiger partial charge in [-0.05, 0) is 90.1 Å². The molecule has 4 rings (SSSR count). The number of aliphatic carboxylic acids is 2. The normalized spacial score (nSPS) is 21.2. The summed E-state index contributed by atoms with van der Waals surface area (Å²) in [7, 11) is 0. The fraction of sp³-hybridized carbons (Fsp3) is 0.714. The van der Waals surface area contributed by atoms with Gasteiger partial charge in [-0.25, -0.2) is 9.59 Å². The van der Waals surface area contributed by atoms with Crippen LogP contribution in [0.4, 0.5) is 0 Å². The maximum atomic E-state index is 13.2. The van der Waals surface area contributed by atoms with Crippen molar-refractivity contribution < 1.29 is 68.4 Å². The minimum Gasteiger partial charge on any atom is -0.480 e. The highest BCUT2D eigenvalue weighted by Crippen LogP contribution is 2.21. The number of aliphatic hydroxyl groups is 2. The summed E-state index contributed by atoms with van der Waals surface area (Å²) in [6.07, 6.45) is 4.60. The lowest BCUT2D eigenvalue weighted by atomic mass is 10.1. The molecule has 8 amide bonds. The molecule has 0 aromatic heterocycles. The topological polar surface area (TPSA) is 497 Å². The summed E-state index contributed by atoms with van der Waals surface area (Å²) < 4.78 is 0. The number of hydrogen-bond donors (Lipinski definition) is 16. The van der Waals surface area contributed by atoms with E-state index in [0.29, 0.717) is 51.6 Å². The number of amides is 8. The summed E-state index contributed by atoms with van der Waals surface area (Å²) in [5.41, 5.74) is 26.2. The van der Waals surface area contributed by atoms with Gasteiger partial charge in [-0.3, -0.25) is 48.3 Å². The number of primary amides is 1. The molecule has 72 heavy (non-hydrogen) atoms. The minimum atomic E-state index is -1.49. The molecule has 4 aliphatic rings. The molecule has 0 radical (unpaired) electrons. The maximum absolute atomic E-state index is 13.2. The number of carbonyl (C=O) groups is 10. The number of rotatable bonds is 26. The Morgan fingerprint density at radius 3 is 1.26 bits per heavy atom. The van der Waals surface area contributed by atoms with Gasteiger partial charge in [-0.1, -0.05) is 0 Å². The molecule has 4 fully saturated rings. The molecular weight excluding hydrogens is 953 g/mol. The van der Waals surface area contributed by atoms with E-state index in [9.17, 15) is 68.4 Å². The number of aliphatic imine (C=N–C) groups is 2. The molecule has 4 aliphatic heterocycles. The van der Waals surface area contributed by atoms with Crippen LogP contribution < -0.4 is 65.9 Å². The SMILES string of the molecule is NC(=O)CC(NC(=O)C1CCCN1)C(=O)NC(CO)C(=O)N1CCCC1C(=O)NC(CCCN=C(N)N)C(=O)O.NC(N)=NCCCC(NC(=O)C1CCCN1C(=O)C(CO)NC(=O)C1CCCN1)C(=O)O. The zero-order valence-electron chi connectivity index (χ0n) is 40.1. The molecular formula is C42H72N16O14. The maximum Gasteiger partial charge on any atom is 0.326 e. The van der Waals surface area contributed by atoms with Crippen molar-refractivity contribution in [2.45, 2.75) is 138 Å². The van der Waals surface area contributed by atoms with Gasteiger partial charge in [0.1, 0.15) is 42.3 Å². The third-order valence-electron chi connectivity index (χ3n) is 12.2. The van der Waals surface area contributed by atoms with Gasteiger partial charge in [0.05, 0.1) is 31.7 Å². The number of likely N-dealkylation sites (tertiary alicyclic amines) is 2. The first-order valence-electron chi connectivity index (χ1n) is 23.8. The van der Waals surface area contributed by atoms with Crippen LogP contribution in [0.3, 0.4) is 0 Å². The first kappa shape index (κ1) is 59.4. The number of carboxylic acid groups (broad SMARTS) is 2. The second-order valence-electron chi connectivity index (χ2n) is 17.6. The predicted octanol–water partition coefficient (Wildman–Crippen LogP) is -7.98. The van der Waals surface area contributed by atoms with Crippen molar-refractivity contribution in [3.8, 4) is 0 Å². The fourth-order valence-corrected chi connectivity index (χ4v) is 8.48. The van der Waals surface area contributed by atoms with Crippen molar-refractivity contribution in [3.05, 3.63) is 0 Å². The highest BCUT2D eigenvalue weighted by atomic mass is 16.4. The van der Waals surface area contributed by atoms with Gasteiger partial charge >= 0.3 is 11.9 Å². The molecule has 30 heteroatoms. The second kappa shape index (κ2) is 30.1. The molecule has 0 bridgehead atoms. The number of nitrogens with zero attached hydrogens (tertiary/aromatic N) is 4. The number of nitrogens with two attached hydrogens (primary N) is 5. The standard InChI is InChI=1S/C23H39N9O8.C19H33N7O6/c24-17(34)10-14(30-18(35)12-4-1-7-27-12)19(36)31-15(11-33)21(38)32-9-3-6-16(32)20(37)29-13(22(39)40)5-2-8-28-23(25)26;20-19(21)23-8-2-5-12(18(31)32)24-16(29)14-6-3-9-26(14)17(30)13(10-27)25-15(28)11-4-1-7-22-11/h12-16,27,33H,1-11H2,(H2,24,34)(H,29,37)(H,30,35)(H,31,36)(H,39,40)(H4,25,26,28);11-14,22,27H,1-10H2,(H,24,29)(H,25,28)(H,31,32)(H4,20,21,23). The molecule has 0 saturated carbocycles. The van der Waals surface area contributed by atoms with E-state index in [1.165, 1.54) is 4.90 Å². The lowest BCUT2D eigenvalue weighted by molar-refractivity contribution is -0.145. The zero-order chi connectivity index (χ0) is 53.5. The van der Waals surface area contributed by atoms with Crippen molar-refractivity contribution in [2.24, 2.45) is 38.7 Å². The first-order chi connectivity index (χ1) is 34.2. The van der Waals surface area contributed by atoms with Crippen LogP contribution >= 0.6 is 0 Å². The third kappa shape index (κ3) is 19.0. The third-order valence-corrected chi connectivity index (χ3v) is 12.2. The Kier molecular flexibility index (Phi) is 24.8. The Hall–Kier alpha value is -6.92. The van der Waals surface area contributed by atoms with Crippen molar-refractivity contribution in [1.82, 2.24) is 47.0 Å². The summed E-state index contributed by atoms with van der Waals surface area (Å²) in [6.45, 7) is 0.687. The van der Waals surface area contributed by atoms with E-state index in [1.807, 2.05) is 0 Å². The first-order valence-corrected chi connectivity index (χ1v) is 23.8. The minimum absolute atomic E-state index is 0.0389. The van der Waals surface area contributed by atoms with E-state index in [0.717, 1.165) is 17.7 Å². The zero-order valence-corrected chi connectivity index (χ0v) is 40.1. The van der Waals surface area contributed by atoms with E-state index in [4.69, 9.17) is 28.7 Å². The van der Waals surface area contributed by atoms with Gasteiger partial charge in [0.15, 0.2) is 11.9 Å². The summed E-state index contributed by atoms with van der Waals surface area (Å²) in [4.78, 5) is 134. The summed E-state index contributed by atoms with van der Waals surface area (Å²) in [6, 6.07) is -9.32. The lowest BCUT2D eigenvalue weighted by Crippen LogP contribution is -2.59. The molecule has 9 atom stereocenters. The van der Waals surface area contributed by atoms with Crippen LogP contribution in [0.2, 0.25) is 0 Å². The Morgan fingerprint density at radius 1 is 0.528 bits per heavy atom. The fourth-order valence-electron chi connectivity index (χ4n) is 8.48. The van der Waals surface area contributed by atoms with Crippen LogP contribution in [0.1, 0.15) is 83.5 Å². The van der Waals surface area contributed by atoms with Crippen LogP contribution in [0.5, 0.6) is 0 Å². The largest absolute Gasteiger partial charge is 0.480 e. The van der Waals surface area contributed by atoms with E-state index in [-0.39, 0.29) is 69.7 Å². The Morgan fingerprint density at radius 2 is 0.917 bits per heavy atom. The molecule has 404 valence electrons. The number of hydrogen-bond acceptors (Lipinski definition) is 16. The van der Waals surface area contributed by atoms with Gasteiger partial charge in [-0.15, -0.1) is 0 Å². The number of nitrogens with one attached hydrogen (secondary N) is 7. The number of carbonyl (C=O) groups excluding carboxylic acids is 8. The average Bonchev–Trinajstić information content (AvgIpc) is 4.19. The molecule has 4 saturated heterocycles. The van der Waals surface area contributed by atoms with Gasteiger partial charge in [-0.2, -0.15) is 0 Å². The summed E-state index contributed by atoms with van der Waals surface area (Å²) in [5.74, 6) is -8.03. The van der Waals surface area contributed by atoms with Gasteiger partial charge in [0.2, 0.25) is 47.3 Å². The summed E-state index contributed by atoms with van der Waals surface area (Å²) >= 11 is 0. The quantitative estimate of drug-likeness (QED) is 0.0217. The van der Waals surface area contributed by atoms with E-state index < -0.39 is 127 Å². The molecule has 0 aromatic carbocycles. The highest BCUT2D eigenvalue weighted by Gasteiger charge is 2.41. The number of aliphatic hydroxyl groups excluding tert-OH is 2. The molecule has 9 unspecified atom stereocenters. The van der Waals surface area contributed by atoms with Crippen LogP contribution in [-0.2, 0) is 47.9 Å². The van der Waals surface area contributed by atoms with E-state index in [1.54, 1.807) is 0 Å². The van der Waals surface area contributed by atoms with Gasteiger partial charge < -0.3 is 96.1 Å². The van der Waals surface area contributed by atoms with E-state index >= 15 is 0 Å². The van der Waals surface area contributed by atoms with Gasteiger partial charge in [0, 0.05) is 26.2 Å². The van der Waals surface area contributed by atoms with Crippen LogP contribution in [0, 0.1) is 0 Å². The molecule has 0 aromatic rings. The highest BCUT2D eigenvalue weighted by molar-refractivity contribution is 5.98. The molecule has 30 nitrogen and oxygen atoms in total. The Labute approximate surface area is 414 Å². The number of carboxylic acids is 2. The van der Waals surface area contributed by atoms with Crippen molar-refractivity contribution in [2.75, 3.05) is 52.5 Å². The van der Waals surface area contributed by atoms with Gasteiger partial charge in [0.25, 0.3) is 0 Å². The summed E-state index contributed by atoms with van der Waals surface area (Å²) in [5, 5.41) is 56.6. The second-order valence-corrected chi connectivity index (χ2v) is 17.6. The van der Waals surface area contributed by atoms with Crippen LogP contribution in [0.25, 0.3) is 0 Å². The van der Waals surface area contributed by atoms with E-state index in [2.05, 4.69) is 47.2 Å². The Balaban J connectivity index is 0.000000390. The molecule has 21 N–H and O–H groups in total. The predicted molar refractivity (Wildman–Crippen MR) is 254 cm³/mol. The number of guanidine groups is 2. The van der Waals surface area contributed by atoms with Crippen molar-refractivity contribution >= 4 is 71.1 Å². The molecule has 0 spiro atoms. The monoisotopic (exact) mass is 1020 g/mol.